The highest BCUT2D eigenvalue weighted by atomic mass is 35.5. The van der Waals surface area contributed by atoms with Gasteiger partial charge in [0, 0.05) is 11.8 Å². The molecule has 108 valence electrons. The topological polar surface area (TPSA) is 69.2 Å². The molecule has 7 heteroatoms. The van der Waals surface area contributed by atoms with Gasteiger partial charge < -0.3 is 15.2 Å². The van der Waals surface area contributed by atoms with E-state index in [-0.39, 0.29) is 11.2 Å². The number of carbonyl (C=O) groups is 2. The van der Waals surface area contributed by atoms with Crippen LogP contribution in [0.1, 0.15) is 18.4 Å². The highest BCUT2D eigenvalue weighted by Crippen LogP contribution is 2.33. The number of rotatable bonds is 4. The first-order valence-electron chi connectivity index (χ1n) is 6.05. The first-order chi connectivity index (χ1) is 9.47. The third-order valence-electron chi connectivity index (χ3n) is 3.03. The predicted molar refractivity (Wildman–Crippen MR) is 77.7 cm³/mol. The van der Waals surface area contributed by atoms with Crippen molar-refractivity contribution >= 4 is 46.8 Å². The van der Waals surface area contributed by atoms with Gasteiger partial charge in [-0.2, -0.15) is 0 Å². The zero-order valence-electron chi connectivity index (χ0n) is 10.4. The lowest BCUT2D eigenvalue weighted by molar-refractivity contribution is -0.304. The van der Waals surface area contributed by atoms with Gasteiger partial charge in [0.25, 0.3) is 0 Å². The molecular weight excluding hydrogens is 321 g/mol. The molecule has 1 saturated heterocycles. The van der Waals surface area contributed by atoms with E-state index in [1.165, 1.54) is 0 Å². The fourth-order valence-corrected chi connectivity index (χ4v) is 3.54. The summed E-state index contributed by atoms with van der Waals surface area (Å²) in [6.07, 6.45) is 1.02. The summed E-state index contributed by atoms with van der Waals surface area (Å²) in [6.45, 7) is 0.336. The molecule has 0 aliphatic carbocycles. The summed E-state index contributed by atoms with van der Waals surface area (Å²) in [7, 11) is 0. The van der Waals surface area contributed by atoms with Crippen LogP contribution in [0.15, 0.2) is 18.2 Å². The van der Waals surface area contributed by atoms with Gasteiger partial charge in [-0.1, -0.05) is 29.3 Å². The molecule has 1 aliphatic rings. The van der Waals surface area contributed by atoms with Crippen LogP contribution in [0.3, 0.4) is 0 Å². The van der Waals surface area contributed by atoms with E-state index in [0.717, 1.165) is 17.3 Å². The van der Waals surface area contributed by atoms with Crippen molar-refractivity contribution < 1.29 is 14.7 Å². The minimum atomic E-state index is -1.10. The number of halogens is 2. The van der Waals surface area contributed by atoms with Gasteiger partial charge in [-0.25, -0.2) is 0 Å². The summed E-state index contributed by atoms with van der Waals surface area (Å²) in [5, 5.41) is 13.5. The summed E-state index contributed by atoms with van der Waals surface area (Å²) >= 11 is 12.8. The minimum Gasteiger partial charge on any atom is -0.549 e. The highest BCUT2D eigenvalue weighted by molar-refractivity contribution is 8.02. The normalized spacial score (nSPS) is 21.7. The molecule has 1 amide bonds. The van der Waals surface area contributed by atoms with Crippen molar-refractivity contribution in [2.24, 2.45) is 0 Å². The SMILES string of the molecule is O=C([O-])C1CCC(C(=O)NCc2ccc(Cl)c(Cl)c2)S1. The summed E-state index contributed by atoms with van der Waals surface area (Å²) < 4.78 is 0. The first-order valence-corrected chi connectivity index (χ1v) is 7.75. The number of benzene rings is 1. The molecule has 0 bridgehead atoms. The Kier molecular flexibility index (Phi) is 5.18. The van der Waals surface area contributed by atoms with Gasteiger partial charge in [-0.15, -0.1) is 11.8 Å². The first kappa shape index (κ1) is 15.5. The number of carbonyl (C=O) groups excluding carboxylic acids is 2. The van der Waals surface area contributed by atoms with Crippen LogP contribution in [0.4, 0.5) is 0 Å². The molecule has 20 heavy (non-hydrogen) atoms. The molecule has 1 fully saturated rings. The summed E-state index contributed by atoms with van der Waals surface area (Å²) in [5.74, 6) is -1.26. The lowest BCUT2D eigenvalue weighted by atomic mass is 10.2. The highest BCUT2D eigenvalue weighted by Gasteiger charge is 2.30. The van der Waals surface area contributed by atoms with Crippen molar-refractivity contribution in [3.05, 3.63) is 33.8 Å². The van der Waals surface area contributed by atoms with Crippen LogP contribution < -0.4 is 10.4 Å². The number of carboxylic acid groups (broad SMARTS) is 1. The molecule has 0 aromatic heterocycles. The number of thioether (sulfide) groups is 1. The van der Waals surface area contributed by atoms with Gasteiger partial charge in [0.05, 0.1) is 21.3 Å². The van der Waals surface area contributed by atoms with Crippen molar-refractivity contribution in [2.75, 3.05) is 0 Å². The lowest BCUT2D eigenvalue weighted by Crippen LogP contribution is -2.33. The van der Waals surface area contributed by atoms with Crippen molar-refractivity contribution in [3.8, 4) is 0 Å². The Morgan fingerprint density at radius 1 is 1.25 bits per heavy atom. The third kappa shape index (κ3) is 3.81. The Balaban J connectivity index is 1.86. The fourth-order valence-electron chi connectivity index (χ4n) is 1.96. The van der Waals surface area contributed by atoms with Crippen LogP contribution in [0.5, 0.6) is 0 Å². The fraction of sp³-hybridized carbons (Fsp3) is 0.385. The molecule has 1 heterocycles. The second-order valence-corrected chi connectivity index (χ2v) is 6.70. The zero-order chi connectivity index (χ0) is 14.7. The van der Waals surface area contributed by atoms with E-state index in [1.807, 2.05) is 0 Å². The molecule has 0 radical (unpaired) electrons. The van der Waals surface area contributed by atoms with Crippen LogP contribution in [-0.2, 0) is 16.1 Å². The van der Waals surface area contributed by atoms with Crippen LogP contribution in [-0.4, -0.2) is 22.4 Å². The van der Waals surface area contributed by atoms with E-state index in [0.29, 0.717) is 29.4 Å². The lowest BCUT2D eigenvalue weighted by Gasteiger charge is -2.12. The van der Waals surface area contributed by atoms with E-state index in [4.69, 9.17) is 23.2 Å². The molecule has 2 atom stereocenters. The second kappa shape index (κ2) is 6.70. The van der Waals surface area contributed by atoms with E-state index in [9.17, 15) is 14.7 Å². The van der Waals surface area contributed by atoms with Crippen molar-refractivity contribution in [3.63, 3.8) is 0 Å². The van der Waals surface area contributed by atoms with Crippen LogP contribution in [0.25, 0.3) is 0 Å². The third-order valence-corrected chi connectivity index (χ3v) is 5.30. The van der Waals surface area contributed by atoms with Crippen LogP contribution >= 0.6 is 35.0 Å². The Morgan fingerprint density at radius 3 is 2.55 bits per heavy atom. The number of carboxylic acids is 1. The number of aliphatic carboxylic acids is 1. The van der Waals surface area contributed by atoms with E-state index in [1.54, 1.807) is 18.2 Å². The Bertz CT molecular complexity index is 538. The summed E-state index contributed by atoms with van der Waals surface area (Å²) in [5.41, 5.74) is 0.840. The molecular formula is C13H12Cl2NO3S-. The molecule has 1 aliphatic heterocycles. The molecule has 1 N–H and O–H groups in total. The Labute approximate surface area is 130 Å². The van der Waals surface area contributed by atoms with Crippen LogP contribution in [0, 0.1) is 0 Å². The van der Waals surface area contributed by atoms with Crippen molar-refractivity contribution in [1.29, 1.82) is 0 Å². The monoisotopic (exact) mass is 332 g/mol. The molecule has 0 saturated carbocycles. The van der Waals surface area contributed by atoms with Gasteiger partial charge in [0.1, 0.15) is 0 Å². The predicted octanol–water partition coefficient (Wildman–Crippen LogP) is 1.62. The van der Waals surface area contributed by atoms with Crippen molar-refractivity contribution in [1.82, 2.24) is 5.32 Å². The summed E-state index contributed by atoms with van der Waals surface area (Å²) in [4.78, 5) is 22.7. The van der Waals surface area contributed by atoms with E-state index in [2.05, 4.69) is 5.32 Å². The maximum absolute atomic E-state index is 11.9. The number of amides is 1. The van der Waals surface area contributed by atoms with Crippen LogP contribution in [0.2, 0.25) is 10.0 Å². The maximum Gasteiger partial charge on any atom is 0.233 e. The van der Waals surface area contributed by atoms with Gasteiger partial charge >= 0.3 is 0 Å². The standard InChI is InChI=1S/C13H13Cl2NO3S/c14-8-2-1-7(5-9(8)15)6-16-12(17)10-3-4-11(20-10)13(18)19/h1-2,5,10-11H,3-4,6H2,(H,16,17)(H,18,19)/p-1. The summed E-state index contributed by atoms with van der Waals surface area (Å²) in [6, 6.07) is 5.14. The Hall–Kier alpha value is -0.910. The number of hydrogen-bond acceptors (Lipinski definition) is 4. The molecule has 1 aromatic carbocycles. The van der Waals surface area contributed by atoms with Gasteiger partial charge in [-0.05, 0) is 30.5 Å². The van der Waals surface area contributed by atoms with E-state index < -0.39 is 11.2 Å². The average molecular weight is 333 g/mol. The molecule has 0 spiro atoms. The second-order valence-electron chi connectivity index (χ2n) is 4.48. The smallest absolute Gasteiger partial charge is 0.233 e. The van der Waals surface area contributed by atoms with Gasteiger partial charge in [-0.3, -0.25) is 4.79 Å². The number of nitrogens with one attached hydrogen (secondary N) is 1. The number of hydrogen-bond donors (Lipinski definition) is 1. The zero-order valence-corrected chi connectivity index (χ0v) is 12.7. The van der Waals surface area contributed by atoms with Gasteiger partial charge in [0.2, 0.25) is 5.91 Å². The Morgan fingerprint density at radius 2 is 1.95 bits per heavy atom. The molecule has 2 unspecified atom stereocenters. The van der Waals surface area contributed by atoms with E-state index >= 15 is 0 Å². The van der Waals surface area contributed by atoms with Crippen molar-refractivity contribution in [2.45, 2.75) is 29.9 Å². The largest absolute Gasteiger partial charge is 0.549 e. The average Bonchev–Trinajstić information content (AvgIpc) is 2.89. The van der Waals surface area contributed by atoms with Gasteiger partial charge in [0.15, 0.2) is 0 Å². The molecule has 1 aromatic rings. The molecule has 4 nitrogen and oxygen atoms in total. The minimum absolute atomic E-state index is 0.162. The quantitative estimate of drug-likeness (QED) is 0.909. The molecule has 2 rings (SSSR count). The maximum atomic E-state index is 11.9.